The van der Waals surface area contributed by atoms with Gasteiger partial charge in [-0.15, -0.1) is 11.3 Å². The minimum Gasteiger partial charge on any atom is -0.321 e. The average molecular weight is 384 g/mol. The lowest BCUT2D eigenvalue weighted by Crippen LogP contribution is -2.45. The summed E-state index contributed by atoms with van der Waals surface area (Å²) in [6, 6.07) is 9.18. The molecule has 0 atom stereocenters. The highest BCUT2D eigenvalue weighted by Crippen LogP contribution is 2.31. The van der Waals surface area contributed by atoms with E-state index < -0.39 is 0 Å². The highest BCUT2D eigenvalue weighted by Gasteiger charge is 2.29. The van der Waals surface area contributed by atoms with Crippen molar-refractivity contribution in [2.75, 3.05) is 11.9 Å². The summed E-state index contributed by atoms with van der Waals surface area (Å²) in [5.74, 6) is 1.44. The van der Waals surface area contributed by atoms with Crippen molar-refractivity contribution in [3.8, 4) is 0 Å². The first kappa shape index (κ1) is 18.5. The van der Waals surface area contributed by atoms with Gasteiger partial charge in [-0.2, -0.15) is 0 Å². The van der Waals surface area contributed by atoms with E-state index in [4.69, 9.17) is 0 Å². The maximum atomic E-state index is 13.0. The number of nitrogens with one attached hydrogen (secondary N) is 1. The molecule has 4 nitrogen and oxygen atoms in total. The normalized spacial score (nSPS) is 22.4. The van der Waals surface area contributed by atoms with Crippen molar-refractivity contribution in [1.29, 1.82) is 0 Å². The Bertz CT molecular complexity index is 728. The van der Waals surface area contributed by atoms with Crippen LogP contribution in [0.1, 0.15) is 50.2 Å². The summed E-state index contributed by atoms with van der Waals surface area (Å²) in [6.07, 6.45) is 9.81. The summed E-state index contributed by atoms with van der Waals surface area (Å²) in [4.78, 5) is 19.3. The van der Waals surface area contributed by atoms with Gasteiger partial charge in [-0.05, 0) is 67.9 Å². The summed E-state index contributed by atoms with van der Waals surface area (Å²) < 4.78 is 0. The molecule has 1 aromatic carbocycles. The molecule has 27 heavy (non-hydrogen) atoms. The molecule has 1 aromatic heterocycles. The summed E-state index contributed by atoms with van der Waals surface area (Å²) in [5, 5.41) is 5.61. The van der Waals surface area contributed by atoms with Gasteiger partial charge in [0.05, 0.1) is 0 Å². The number of urea groups is 1. The molecule has 1 fully saturated rings. The minimum atomic E-state index is 0.0278. The molecule has 2 aliphatic carbocycles. The highest BCUT2D eigenvalue weighted by atomic mass is 32.1. The summed E-state index contributed by atoms with van der Waals surface area (Å²) in [5.41, 5.74) is 2.99. The summed E-state index contributed by atoms with van der Waals surface area (Å²) >= 11 is 1.48. The smallest absolute Gasteiger partial charge is 0.321 e. The van der Waals surface area contributed by atoms with E-state index >= 15 is 0 Å². The molecule has 2 amide bonds. The van der Waals surface area contributed by atoms with E-state index in [0.29, 0.717) is 17.1 Å². The Kier molecular flexibility index (Phi) is 5.77. The Labute approximate surface area is 166 Å². The SMILES string of the molecule is CC1CCC(N(CCC2Cc3ccccc3C2)C(=O)Nc2nccs2)CC1. The predicted molar refractivity (Wildman–Crippen MR) is 111 cm³/mol. The molecular formula is C22H29N3OS. The van der Waals surface area contributed by atoms with Crippen LogP contribution < -0.4 is 5.32 Å². The van der Waals surface area contributed by atoms with E-state index in [1.54, 1.807) is 6.20 Å². The number of anilines is 1. The molecule has 4 rings (SSSR count). The fourth-order valence-electron chi connectivity index (χ4n) is 4.63. The molecule has 0 spiro atoms. The number of carbonyl (C=O) groups is 1. The zero-order valence-electron chi connectivity index (χ0n) is 16.1. The molecule has 1 N–H and O–H groups in total. The number of hydrogen-bond acceptors (Lipinski definition) is 3. The molecule has 5 heteroatoms. The lowest BCUT2D eigenvalue weighted by atomic mass is 9.86. The lowest BCUT2D eigenvalue weighted by Gasteiger charge is -2.36. The zero-order valence-corrected chi connectivity index (χ0v) is 16.9. The number of nitrogens with zero attached hydrogens (tertiary/aromatic N) is 2. The van der Waals surface area contributed by atoms with Crippen molar-refractivity contribution in [2.24, 2.45) is 11.8 Å². The van der Waals surface area contributed by atoms with E-state index in [1.165, 1.54) is 35.3 Å². The van der Waals surface area contributed by atoms with Crippen molar-refractivity contribution in [3.63, 3.8) is 0 Å². The molecule has 1 heterocycles. The number of fused-ring (bicyclic) bond motifs is 1. The average Bonchev–Trinajstić information content (AvgIpc) is 3.32. The van der Waals surface area contributed by atoms with Crippen LogP contribution in [-0.4, -0.2) is 28.5 Å². The third-order valence-corrected chi connectivity index (χ3v) is 6.94. The second kappa shape index (κ2) is 8.42. The number of benzene rings is 1. The second-order valence-electron chi connectivity index (χ2n) is 8.21. The molecular weight excluding hydrogens is 354 g/mol. The molecule has 0 bridgehead atoms. The Morgan fingerprint density at radius 2 is 1.89 bits per heavy atom. The fraction of sp³-hybridized carbons (Fsp3) is 0.545. The molecule has 0 aliphatic heterocycles. The van der Waals surface area contributed by atoms with Crippen LogP contribution in [0, 0.1) is 11.8 Å². The van der Waals surface area contributed by atoms with Gasteiger partial charge in [0.25, 0.3) is 0 Å². The fourth-order valence-corrected chi connectivity index (χ4v) is 5.15. The number of aromatic nitrogens is 1. The van der Waals surface area contributed by atoms with E-state index in [-0.39, 0.29) is 6.03 Å². The van der Waals surface area contributed by atoms with Crippen molar-refractivity contribution >= 4 is 22.5 Å². The predicted octanol–water partition coefficient (Wildman–Crippen LogP) is 5.36. The van der Waals surface area contributed by atoms with Crippen LogP contribution in [0.3, 0.4) is 0 Å². The van der Waals surface area contributed by atoms with Gasteiger partial charge in [0, 0.05) is 24.2 Å². The first-order valence-electron chi connectivity index (χ1n) is 10.2. The molecule has 2 aromatic rings. The number of hydrogen-bond donors (Lipinski definition) is 1. The monoisotopic (exact) mass is 383 g/mol. The Hall–Kier alpha value is -1.88. The van der Waals surface area contributed by atoms with Crippen LogP contribution in [0.25, 0.3) is 0 Å². The lowest BCUT2D eigenvalue weighted by molar-refractivity contribution is 0.150. The van der Waals surface area contributed by atoms with Crippen LogP contribution in [0.2, 0.25) is 0 Å². The van der Waals surface area contributed by atoms with Gasteiger partial charge < -0.3 is 4.90 Å². The molecule has 1 saturated carbocycles. The number of carbonyl (C=O) groups excluding carboxylic acids is 1. The maximum Gasteiger partial charge on any atom is 0.323 e. The first-order chi connectivity index (χ1) is 13.2. The highest BCUT2D eigenvalue weighted by molar-refractivity contribution is 7.13. The summed E-state index contributed by atoms with van der Waals surface area (Å²) in [7, 11) is 0. The number of thiazole rings is 1. The first-order valence-corrected chi connectivity index (χ1v) is 11.1. The van der Waals surface area contributed by atoms with Gasteiger partial charge in [-0.3, -0.25) is 5.32 Å². The molecule has 0 radical (unpaired) electrons. The van der Waals surface area contributed by atoms with E-state index in [1.807, 2.05) is 5.38 Å². The van der Waals surface area contributed by atoms with Crippen molar-refractivity contribution in [2.45, 2.75) is 57.9 Å². The van der Waals surface area contributed by atoms with Crippen LogP contribution >= 0.6 is 11.3 Å². The molecule has 2 aliphatic rings. The summed E-state index contributed by atoms with van der Waals surface area (Å²) in [6.45, 7) is 3.17. The Morgan fingerprint density at radius 3 is 2.52 bits per heavy atom. The van der Waals surface area contributed by atoms with Gasteiger partial charge in [-0.1, -0.05) is 31.2 Å². The van der Waals surface area contributed by atoms with Crippen molar-refractivity contribution in [1.82, 2.24) is 9.88 Å². The Balaban J connectivity index is 1.39. The van der Waals surface area contributed by atoms with Gasteiger partial charge in [-0.25, -0.2) is 9.78 Å². The zero-order chi connectivity index (χ0) is 18.6. The topological polar surface area (TPSA) is 45.2 Å². The standard InChI is InChI=1S/C22H29N3OS/c1-16-6-8-20(9-7-16)25(22(26)24-21-23-11-13-27-21)12-10-17-14-18-4-2-3-5-19(18)15-17/h2-5,11,13,16-17,20H,6-10,12,14-15H2,1H3,(H,23,24,26). The van der Waals surface area contributed by atoms with Crippen LogP contribution in [0.15, 0.2) is 35.8 Å². The van der Waals surface area contributed by atoms with Crippen molar-refractivity contribution in [3.05, 3.63) is 47.0 Å². The third kappa shape index (κ3) is 4.52. The maximum absolute atomic E-state index is 13.0. The second-order valence-corrected chi connectivity index (χ2v) is 9.10. The largest absolute Gasteiger partial charge is 0.323 e. The van der Waals surface area contributed by atoms with Crippen molar-refractivity contribution < 1.29 is 4.79 Å². The molecule has 0 saturated heterocycles. The van der Waals surface area contributed by atoms with Gasteiger partial charge in [0.2, 0.25) is 0 Å². The van der Waals surface area contributed by atoms with Crippen LogP contribution in [0.4, 0.5) is 9.93 Å². The van der Waals surface area contributed by atoms with Gasteiger partial charge >= 0.3 is 6.03 Å². The van der Waals surface area contributed by atoms with E-state index in [2.05, 4.69) is 46.4 Å². The van der Waals surface area contributed by atoms with Gasteiger partial charge in [0.15, 0.2) is 5.13 Å². The Morgan fingerprint density at radius 1 is 1.19 bits per heavy atom. The van der Waals surface area contributed by atoms with Crippen LogP contribution in [-0.2, 0) is 12.8 Å². The van der Waals surface area contributed by atoms with Gasteiger partial charge in [0.1, 0.15) is 0 Å². The number of rotatable bonds is 5. The van der Waals surface area contributed by atoms with E-state index in [0.717, 1.165) is 44.6 Å². The van der Waals surface area contributed by atoms with E-state index in [9.17, 15) is 4.79 Å². The van der Waals surface area contributed by atoms with Crippen LogP contribution in [0.5, 0.6) is 0 Å². The number of amides is 2. The quantitative estimate of drug-likeness (QED) is 0.755. The minimum absolute atomic E-state index is 0.0278. The molecule has 144 valence electrons. The molecule has 0 unspecified atom stereocenters. The third-order valence-electron chi connectivity index (χ3n) is 6.25.